The van der Waals surface area contributed by atoms with Gasteiger partial charge in [0.25, 0.3) is 0 Å². The van der Waals surface area contributed by atoms with Crippen molar-refractivity contribution in [2.75, 3.05) is 0 Å². The second-order valence-corrected chi connectivity index (χ2v) is 1.08. The zero-order chi connectivity index (χ0) is 4.24. The summed E-state index contributed by atoms with van der Waals surface area (Å²) < 4.78 is 0. The average molecular weight is 270 g/mol. The standard InChI is InChI=1S/C6H5.HI.Zn/c1-2-4-6-5-3-1;;/h1-5H;1H;/q-1;;. The monoisotopic (exact) mass is 269 g/mol. The van der Waals surface area contributed by atoms with Gasteiger partial charge in [-0.05, 0) is 0 Å². The topological polar surface area (TPSA) is 0 Å². The Labute approximate surface area is 79.5 Å². The molecule has 1 aromatic rings. The maximum atomic E-state index is 2.89. The van der Waals surface area contributed by atoms with Gasteiger partial charge in [-0.2, -0.15) is 36.4 Å². The van der Waals surface area contributed by atoms with Gasteiger partial charge in [0.15, 0.2) is 0 Å². The third kappa shape index (κ3) is 4.73. The van der Waals surface area contributed by atoms with Crippen LogP contribution in [0.4, 0.5) is 0 Å². The molecule has 0 aliphatic heterocycles. The molecule has 2 heteroatoms. The van der Waals surface area contributed by atoms with Crippen molar-refractivity contribution in [2.45, 2.75) is 0 Å². The Morgan fingerprint density at radius 2 is 1.38 bits per heavy atom. The maximum absolute atomic E-state index is 2.89. The number of rotatable bonds is 0. The zero-order valence-corrected chi connectivity index (χ0v) is 9.80. The van der Waals surface area contributed by atoms with Crippen molar-refractivity contribution in [3.63, 3.8) is 0 Å². The number of hydrogen-bond acceptors (Lipinski definition) is 0. The summed E-state index contributed by atoms with van der Waals surface area (Å²) in [5, 5.41) is 0. The Kier molecular flexibility index (Phi) is 10.8. The number of halogens is 1. The molecule has 0 amide bonds. The van der Waals surface area contributed by atoms with Gasteiger partial charge in [0, 0.05) is 19.5 Å². The molecular weight excluding hydrogens is 264 g/mol. The Morgan fingerprint density at radius 3 is 1.50 bits per heavy atom. The first-order valence-electron chi connectivity index (χ1n) is 1.91. The van der Waals surface area contributed by atoms with Crippen LogP contribution in [0.15, 0.2) is 30.3 Å². The predicted octanol–water partition coefficient (Wildman–Crippen LogP) is 2.10. The molecule has 0 fully saturated rings. The second kappa shape index (κ2) is 7.57. The second-order valence-electron chi connectivity index (χ2n) is 1.08. The van der Waals surface area contributed by atoms with Crippen LogP contribution in [0.1, 0.15) is 0 Å². The summed E-state index contributed by atoms with van der Waals surface area (Å²) in [7, 11) is 0. The van der Waals surface area contributed by atoms with Crippen LogP contribution in [0, 0.1) is 6.07 Å². The Balaban J connectivity index is 0. The van der Waals surface area contributed by atoms with E-state index in [9.17, 15) is 0 Å². The summed E-state index contributed by atoms with van der Waals surface area (Å²) in [5.41, 5.74) is 0. The Morgan fingerprint density at radius 1 is 0.875 bits per heavy atom. The van der Waals surface area contributed by atoms with E-state index < -0.39 is 0 Å². The minimum Gasteiger partial charge on any atom is -0.184 e. The van der Waals surface area contributed by atoms with E-state index in [2.05, 4.69) is 6.07 Å². The van der Waals surface area contributed by atoms with Gasteiger partial charge >= 0.3 is 0 Å². The third-order valence-corrected chi connectivity index (χ3v) is 0.607. The van der Waals surface area contributed by atoms with Crippen molar-refractivity contribution < 1.29 is 19.5 Å². The Hall–Kier alpha value is 0.573. The van der Waals surface area contributed by atoms with Gasteiger partial charge in [-0.3, -0.25) is 0 Å². The SMILES string of the molecule is I.[Zn].[c-]1ccccc1. The normalized spacial score (nSPS) is 6.00. The van der Waals surface area contributed by atoms with Crippen LogP contribution in [-0.2, 0) is 19.5 Å². The summed E-state index contributed by atoms with van der Waals surface area (Å²) in [4.78, 5) is 0. The van der Waals surface area contributed by atoms with Crippen LogP contribution >= 0.6 is 24.0 Å². The van der Waals surface area contributed by atoms with Crippen molar-refractivity contribution in [3.05, 3.63) is 36.4 Å². The molecule has 0 radical (unpaired) electrons. The van der Waals surface area contributed by atoms with Crippen LogP contribution in [0.25, 0.3) is 0 Å². The zero-order valence-electron chi connectivity index (χ0n) is 4.50. The number of benzene rings is 1. The molecule has 0 nitrogen and oxygen atoms in total. The van der Waals surface area contributed by atoms with Crippen LogP contribution in [-0.4, -0.2) is 0 Å². The molecule has 0 saturated carbocycles. The van der Waals surface area contributed by atoms with Crippen LogP contribution in [0.3, 0.4) is 0 Å². The summed E-state index contributed by atoms with van der Waals surface area (Å²) in [6.45, 7) is 0. The summed E-state index contributed by atoms with van der Waals surface area (Å²) in [6, 6.07) is 12.5. The molecular formula is C6H6IZn-. The fourth-order valence-corrected chi connectivity index (χ4v) is 0.342. The molecule has 0 unspecified atom stereocenters. The van der Waals surface area contributed by atoms with Gasteiger partial charge in [-0.15, -0.1) is 24.0 Å². The van der Waals surface area contributed by atoms with Crippen molar-refractivity contribution in [3.8, 4) is 0 Å². The summed E-state index contributed by atoms with van der Waals surface area (Å²) in [6.07, 6.45) is 0. The molecule has 0 spiro atoms. The van der Waals surface area contributed by atoms with Gasteiger partial charge in [-0.25, -0.2) is 0 Å². The van der Waals surface area contributed by atoms with Crippen molar-refractivity contribution in [1.29, 1.82) is 0 Å². The molecule has 8 heavy (non-hydrogen) atoms. The first-order chi connectivity index (χ1) is 3.00. The van der Waals surface area contributed by atoms with Gasteiger partial charge in [-0.1, -0.05) is 0 Å². The van der Waals surface area contributed by atoms with Gasteiger partial charge < -0.3 is 0 Å². The third-order valence-electron chi connectivity index (χ3n) is 0.607. The van der Waals surface area contributed by atoms with Crippen LogP contribution in [0.5, 0.6) is 0 Å². The van der Waals surface area contributed by atoms with Crippen LogP contribution < -0.4 is 0 Å². The van der Waals surface area contributed by atoms with E-state index in [1.165, 1.54) is 0 Å². The first kappa shape index (κ1) is 11.4. The molecule has 0 aromatic heterocycles. The predicted molar refractivity (Wildman–Crippen MR) is 40.7 cm³/mol. The van der Waals surface area contributed by atoms with E-state index in [1.807, 2.05) is 30.3 Å². The minimum atomic E-state index is 0. The van der Waals surface area contributed by atoms with E-state index in [4.69, 9.17) is 0 Å². The Bertz CT molecular complexity index is 80.5. The fraction of sp³-hybridized carbons (Fsp3) is 0. The average Bonchev–Trinajstić information content (AvgIpc) is 1.72. The first-order valence-corrected chi connectivity index (χ1v) is 1.91. The molecule has 1 aromatic carbocycles. The maximum Gasteiger partial charge on any atom is 0 e. The molecule has 40 valence electrons. The molecule has 0 atom stereocenters. The smallest absolute Gasteiger partial charge is 0 e. The largest absolute Gasteiger partial charge is 0.184 e. The molecule has 0 aliphatic carbocycles. The fourth-order valence-electron chi connectivity index (χ4n) is 0.342. The summed E-state index contributed by atoms with van der Waals surface area (Å²) >= 11 is 0. The van der Waals surface area contributed by atoms with Crippen molar-refractivity contribution in [2.24, 2.45) is 0 Å². The minimum absolute atomic E-state index is 0. The van der Waals surface area contributed by atoms with Crippen LogP contribution in [0.2, 0.25) is 0 Å². The molecule has 0 bridgehead atoms. The molecule has 0 aliphatic rings. The van der Waals surface area contributed by atoms with E-state index in [0.717, 1.165) is 0 Å². The van der Waals surface area contributed by atoms with Crippen molar-refractivity contribution in [1.82, 2.24) is 0 Å². The number of hydrogen-bond donors (Lipinski definition) is 0. The molecule has 0 saturated heterocycles. The molecule has 0 heterocycles. The van der Waals surface area contributed by atoms with Crippen molar-refractivity contribution >= 4 is 24.0 Å². The van der Waals surface area contributed by atoms with Gasteiger partial charge in [0.1, 0.15) is 0 Å². The molecule has 0 N–H and O–H groups in total. The quantitative estimate of drug-likeness (QED) is 0.385. The molecule has 1 rings (SSSR count). The van der Waals surface area contributed by atoms with Gasteiger partial charge in [0.2, 0.25) is 0 Å². The van der Waals surface area contributed by atoms with E-state index in [1.54, 1.807) is 0 Å². The van der Waals surface area contributed by atoms with E-state index >= 15 is 0 Å². The van der Waals surface area contributed by atoms with Gasteiger partial charge in [0.05, 0.1) is 0 Å². The van der Waals surface area contributed by atoms with E-state index in [-0.39, 0.29) is 43.5 Å². The summed E-state index contributed by atoms with van der Waals surface area (Å²) in [5.74, 6) is 0. The van der Waals surface area contributed by atoms with E-state index in [0.29, 0.717) is 0 Å².